The normalized spacial score (nSPS) is 20.4. The molecular formula is C16H22ClN3O3. The lowest BCUT2D eigenvalue weighted by atomic mass is 10.00. The fourth-order valence-electron chi connectivity index (χ4n) is 3.01. The fourth-order valence-corrected chi connectivity index (χ4v) is 3.01. The summed E-state index contributed by atoms with van der Waals surface area (Å²) in [5.41, 5.74) is 8.13. The summed E-state index contributed by atoms with van der Waals surface area (Å²) in [5.74, 6) is 0.823. The van der Waals surface area contributed by atoms with Crippen LogP contribution in [0.1, 0.15) is 31.6 Å². The molecule has 2 atom stereocenters. The number of hydrogen-bond acceptors (Lipinski definition) is 5. The monoisotopic (exact) mass is 339 g/mol. The van der Waals surface area contributed by atoms with E-state index >= 15 is 0 Å². The first kappa shape index (κ1) is 17.7. The van der Waals surface area contributed by atoms with Gasteiger partial charge in [-0.25, -0.2) is 4.98 Å². The smallest absolute Gasteiger partial charge is 0.224 e. The van der Waals surface area contributed by atoms with Crippen LogP contribution in [0.2, 0.25) is 0 Å². The topological polar surface area (TPSA) is 90.4 Å². The average Bonchev–Trinajstić information content (AvgIpc) is 3.05. The SMILES string of the molecule is COCc1nc2cc(NC(=O)C[C@@H]3CCC[C@H]3N)ccc2o1.Cl. The van der Waals surface area contributed by atoms with Gasteiger partial charge in [0.05, 0.1) is 0 Å². The van der Waals surface area contributed by atoms with Crippen LogP contribution in [0.15, 0.2) is 22.6 Å². The molecule has 23 heavy (non-hydrogen) atoms. The summed E-state index contributed by atoms with van der Waals surface area (Å²) >= 11 is 0. The molecule has 2 aromatic rings. The maximum absolute atomic E-state index is 12.1. The number of fused-ring (bicyclic) bond motifs is 1. The third-order valence-electron chi connectivity index (χ3n) is 4.15. The van der Waals surface area contributed by atoms with E-state index in [4.69, 9.17) is 14.9 Å². The van der Waals surface area contributed by atoms with Gasteiger partial charge in [0.1, 0.15) is 12.1 Å². The summed E-state index contributed by atoms with van der Waals surface area (Å²) in [6.45, 7) is 0.329. The molecule has 0 radical (unpaired) electrons. The first-order valence-electron chi connectivity index (χ1n) is 7.59. The number of oxazole rings is 1. The minimum Gasteiger partial charge on any atom is -0.438 e. The van der Waals surface area contributed by atoms with Crippen LogP contribution in [0.5, 0.6) is 0 Å². The lowest BCUT2D eigenvalue weighted by Gasteiger charge is -2.14. The van der Waals surface area contributed by atoms with Crippen molar-refractivity contribution >= 4 is 35.1 Å². The minimum atomic E-state index is 0. The van der Waals surface area contributed by atoms with Crippen LogP contribution in [0, 0.1) is 5.92 Å². The maximum atomic E-state index is 12.1. The number of nitrogens with zero attached hydrogens (tertiary/aromatic N) is 1. The molecule has 1 heterocycles. The van der Waals surface area contributed by atoms with Gasteiger partial charge in [0.2, 0.25) is 11.8 Å². The van der Waals surface area contributed by atoms with E-state index in [9.17, 15) is 4.79 Å². The molecule has 0 spiro atoms. The number of methoxy groups -OCH3 is 1. The van der Waals surface area contributed by atoms with Gasteiger partial charge in [0.25, 0.3) is 0 Å². The number of ether oxygens (including phenoxy) is 1. The molecule has 1 aromatic carbocycles. The Labute approximate surface area is 141 Å². The highest BCUT2D eigenvalue weighted by Gasteiger charge is 2.26. The van der Waals surface area contributed by atoms with Crippen molar-refractivity contribution in [2.45, 2.75) is 38.3 Å². The van der Waals surface area contributed by atoms with Gasteiger partial charge in [-0.05, 0) is 37.0 Å². The van der Waals surface area contributed by atoms with E-state index in [0.29, 0.717) is 35.9 Å². The van der Waals surface area contributed by atoms with E-state index in [1.165, 1.54) is 0 Å². The van der Waals surface area contributed by atoms with Crippen molar-refractivity contribution in [1.82, 2.24) is 4.98 Å². The molecule has 1 aliphatic rings. The second kappa shape index (κ2) is 7.77. The highest BCUT2D eigenvalue weighted by Crippen LogP contribution is 2.27. The van der Waals surface area contributed by atoms with E-state index in [1.54, 1.807) is 13.2 Å². The predicted octanol–water partition coefficient (Wildman–Crippen LogP) is 2.85. The number of nitrogens with two attached hydrogens (primary N) is 1. The Morgan fingerprint density at radius 2 is 2.30 bits per heavy atom. The molecule has 0 saturated heterocycles. The van der Waals surface area contributed by atoms with Gasteiger partial charge < -0.3 is 20.2 Å². The quantitative estimate of drug-likeness (QED) is 0.874. The number of benzene rings is 1. The number of anilines is 1. The summed E-state index contributed by atoms with van der Waals surface area (Å²) in [6, 6.07) is 5.58. The van der Waals surface area contributed by atoms with Gasteiger partial charge in [-0.1, -0.05) is 6.42 Å². The first-order chi connectivity index (χ1) is 10.7. The maximum Gasteiger partial charge on any atom is 0.224 e. The van der Waals surface area contributed by atoms with Gasteiger partial charge in [0.15, 0.2) is 5.58 Å². The Morgan fingerprint density at radius 1 is 1.48 bits per heavy atom. The number of aromatic nitrogens is 1. The third kappa shape index (κ3) is 4.22. The number of carbonyl (C=O) groups is 1. The van der Waals surface area contributed by atoms with Crippen molar-refractivity contribution in [3.63, 3.8) is 0 Å². The first-order valence-corrected chi connectivity index (χ1v) is 7.59. The Hall–Kier alpha value is -1.63. The standard InChI is InChI=1S/C16H21N3O3.ClH/c1-21-9-16-19-13-8-11(5-6-14(13)22-16)18-15(20)7-10-3-2-4-12(10)17;/h5-6,8,10,12H,2-4,7,9,17H2,1H3,(H,18,20);1H/t10-,12+;/m0./s1. The molecule has 1 saturated carbocycles. The van der Waals surface area contributed by atoms with Gasteiger partial charge in [-0.2, -0.15) is 0 Å². The molecule has 1 aromatic heterocycles. The average molecular weight is 340 g/mol. The summed E-state index contributed by atoms with van der Waals surface area (Å²) in [5, 5.41) is 2.92. The molecule has 0 bridgehead atoms. The Balaban J connectivity index is 0.00000192. The summed E-state index contributed by atoms with van der Waals surface area (Å²) in [7, 11) is 1.59. The zero-order valence-corrected chi connectivity index (χ0v) is 13.9. The molecule has 7 heteroatoms. The number of hydrogen-bond donors (Lipinski definition) is 2. The van der Waals surface area contributed by atoms with Gasteiger partial charge >= 0.3 is 0 Å². The Bertz CT molecular complexity index is 674. The predicted molar refractivity (Wildman–Crippen MR) is 90.5 cm³/mol. The molecule has 3 N–H and O–H groups in total. The van der Waals surface area contributed by atoms with Gasteiger partial charge in [-0.15, -0.1) is 12.4 Å². The summed E-state index contributed by atoms with van der Waals surface area (Å²) in [6.07, 6.45) is 3.65. The molecule has 126 valence electrons. The van der Waals surface area contributed by atoms with Crippen LogP contribution < -0.4 is 11.1 Å². The van der Waals surface area contributed by atoms with Crippen LogP contribution in [-0.4, -0.2) is 24.0 Å². The van der Waals surface area contributed by atoms with E-state index in [2.05, 4.69) is 10.3 Å². The number of nitrogens with one attached hydrogen (secondary N) is 1. The molecule has 1 fully saturated rings. The molecule has 0 aliphatic heterocycles. The highest BCUT2D eigenvalue weighted by atomic mass is 35.5. The lowest BCUT2D eigenvalue weighted by molar-refractivity contribution is -0.117. The van der Waals surface area contributed by atoms with E-state index < -0.39 is 0 Å². The van der Waals surface area contributed by atoms with Gasteiger partial charge in [-0.3, -0.25) is 4.79 Å². The number of rotatable bonds is 5. The summed E-state index contributed by atoms with van der Waals surface area (Å²) in [4.78, 5) is 16.5. The van der Waals surface area contributed by atoms with Gasteiger partial charge in [0, 0.05) is 25.3 Å². The zero-order valence-electron chi connectivity index (χ0n) is 13.1. The Kier molecular flexibility index (Phi) is 5.98. The van der Waals surface area contributed by atoms with Crippen molar-refractivity contribution in [1.29, 1.82) is 0 Å². The van der Waals surface area contributed by atoms with Crippen molar-refractivity contribution < 1.29 is 13.9 Å². The third-order valence-corrected chi connectivity index (χ3v) is 4.15. The Morgan fingerprint density at radius 3 is 3.00 bits per heavy atom. The van der Waals surface area contributed by atoms with Crippen LogP contribution in [-0.2, 0) is 16.1 Å². The minimum absolute atomic E-state index is 0. The summed E-state index contributed by atoms with van der Waals surface area (Å²) < 4.78 is 10.5. The van der Waals surface area contributed by atoms with Crippen LogP contribution in [0.3, 0.4) is 0 Å². The molecule has 3 rings (SSSR count). The largest absolute Gasteiger partial charge is 0.438 e. The lowest BCUT2D eigenvalue weighted by Crippen LogP contribution is -2.28. The van der Waals surface area contributed by atoms with Crippen molar-refractivity contribution in [2.24, 2.45) is 11.7 Å². The van der Waals surface area contributed by atoms with E-state index in [-0.39, 0.29) is 24.4 Å². The fraction of sp³-hybridized carbons (Fsp3) is 0.500. The van der Waals surface area contributed by atoms with Crippen molar-refractivity contribution in [3.05, 3.63) is 24.1 Å². The number of carbonyl (C=O) groups excluding carboxylic acids is 1. The van der Waals surface area contributed by atoms with E-state index in [0.717, 1.165) is 24.9 Å². The van der Waals surface area contributed by atoms with E-state index in [1.807, 2.05) is 12.1 Å². The van der Waals surface area contributed by atoms with Crippen molar-refractivity contribution in [3.8, 4) is 0 Å². The molecule has 0 unspecified atom stereocenters. The number of halogens is 1. The van der Waals surface area contributed by atoms with Crippen LogP contribution in [0.4, 0.5) is 5.69 Å². The second-order valence-electron chi connectivity index (χ2n) is 5.83. The van der Waals surface area contributed by atoms with Crippen LogP contribution in [0.25, 0.3) is 11.1 Å². The number of amides is 1. The molecule has 1 amide bonds. The highest BCUT2D eigenvalue weighted by molar-refractivity contribution is 5.93. The molecular weight excluding hydrogens is 318 g/mol. The second-order valence-corrected chi connectivity index (χ2v) is 5.83. The zero-order chi connectivity index (χ0) is 15.5. The van der Waals surface area contributed by atoms with Crippen molar-refractivity contribution in [2.75, 3.05) is 12.4 Å². The van der Waals surface area contributed by atoms with Crippen LogP contribution >= 0.6 is 12.4 Å². The molecule has 6 nitrogen and oxygen atoms in total. The molecule has 1 aliphatic carbocycles.